The maximum absolute atomic E-state index is 10.4. The Hall–Kier alpha value is -1.06. The van der Waals surface area contributed by atoms with E-state index in [1.165, 1.54) is 0 Å². The quantitative estimate of drug-likeness (QED) is 0.652. The summed E-state index contributed by atoms with van der Waals surface area (Å²) in [5.74, 6) is 0.214. The predicted octanol–water partition coefficient (Wildman–Crippen LogP) is 0.854. The zero-order valence-corrected chi connectivity index (χ0v) is 8.21. The van der Waals surface area contributed by atoms with Crippen molar-refractivity contribution >= 4 is 12.4 Å². The molecule has 0 aromatic carbocycles. The summed E-state index contributed by atoms with van der Waals surface area (Å²) in [7, 11) is 0. The summed E-state index contributed by atoms with van der Waals surface area (Å²) < 4.78 is 4.36. The number of ether oxygens (including phenoxy) is 1. The van der Waals surface area contributed by atoms with Gasteiger partial charge >= 0.3 is 0 Å². The summed E-state index contributed by atoms with van der Waals surface area (Å²) in [5.41, 5.74) is 0. The van der Waals surface area contributed by atoms with Crippen LogP contribution in [0.1, 0.15) is 33.1 Å². The molecule has 4 heteroatoms. The highest BCUT2D eigenvalue weighted by atomic mass is 16.5. The van der Waals surface area contributed by atoms with Crippen molar-refractivity contribution in [1.29, 1.82) is 0 Å². The number of nitrogens with one attached hydrogen (secondary N) is 1. The standard InChI is InChI=1S/C5H9NO.C4H8O2/c7-5-3-1-2-4-6-5;1-4(2)6-3-5/h1-4H2,(H,6,7);3-4H,1-2H3. The highest BCUT2D eigenvalue weighted by Gasteiger charge is 2.04. The highest BCUT2D eigenvalue weighted by molar-refractivity contribution is 5.76. The molecule has 0 saturated carbocycles. The molecular formula is C9H17NO3. The Morgan fingerprint density at radius 3 is 2.31 bits per heavy atom. The van der Waals surface area contributed by atoms with Crippen LogP contribution in [0.2, 0.25) is 0 Å². The Morgan fingerprint density at radius 1 is 1.46 bits per heavy atom. The molecule has 1 amide bonds. The van der Waals surface area contributed by atoms with Crippen LogP contribution in [0.5, 0.6) is 0 Å². The first-order chi connectivity index (χ1) is 6.16. The molecule has 0 spiro atoms. The minimum atomic E-state index is 0.0301. The van der Waals surface area contributed by atoms with E-state index < -0.39 is 0 Å². The molecule has 13 heavy (non-hydrogen) atoms. The summed E-state index contributed by atoms with van der Waals surface area (Å²) in [5, 5.41) is 2.74. The molecule has 0 radical (unpaired) electrons. The lowest BCUT2D eigenvalue weighted by atomic mass is 10.2. The van der Waals surface area contributed by atoms with E-state index in [1.54, 1.807) is 13.8 Å². The van der Waals surface area contributed by atoms with Gasteiger partial charge in [-0.05, 0) is 26.7 Å². The average Bonchev–Trinajstić information content (AvgIpc) is 2.06. The number of rotatable bonds is 2. The van der Waals surface area contributed by atoms with E-state index in [9.17, 15) is 9.59 Å². The third kappa shape index (κ3) is 8.85. The van der Waals surface area contributed by atoms with E-state index in [4.69, 9.17) is 0 Å². The van der Waals surface area contributed by atoms with E-state index >= 15 is 0 Å². The lowest BCUT2D eigenvalue weighted by molar-refractivity contribution is -0.132. The molecule has 0 aromatic rings. The van der Waals surface area contributed by atoms with Crippen LogP contribution in [0.25, 0.3) is 0 Å². The minimum absolute atomic E-state index is 0.0301. The third-order valence-electron chi connectivity index (χ3n) is 1.48. The fraction of sp³-hybridized carbons (Fsp3) is 0.778. The maximum Gasteiger partial charge on any atom is 0.293 e. The molecule has 0 atom stereocenters. The van der Waals surface area contributed by atoms with Crippen molar-refractivity contribution in [3.8, 4) is 0 Å². The summed E-state index contributed by atoms with van der Waals surface area (Å²) >= 11 is 0. The molecule has 1 rings (SSSR count). The van der Waals surface area contributed by atoms with E-state index in [0.717, 1.165) is 25.8 Å². The highest BCUT2D eigenvalue weighted by Crippen LogP contribution is 1.98. The molecule has 76 valence electrons. The maximum atomic E-state index is 10.4. The van der Waals surface area contributed by atoms with Crippen molar-refractivity contribution in [2.24, 2.45) is 0 Å². The van der Waals surface area contributed by atoms with E-state index in [-0.39, 0.29) is 12.0 Å². The lowest BCUT2D eigenvalue weighted by Crippen LogP contribution is -2.28. The first-order valence-electron chi connectivity index (χ1n) is 4.52. The molecule has 4 nitrogen and oxygen atoms in total. The van der Waals surface area contributed by atoms with Gasteiger partial charge in [-0.3, -0.25) is 9.59 Å². The lowest BCUT2D eigenvalue weighted by Gasteiger charge is -2.08. The Bertz CT molecular complexity index is 149. The molecule has 1 saturated heterocycles. The van der Waals surface area contributed by atoms with Crippen LogP contribution in [-0.2, 0) is 14.3 Å². The zero-order valence-electron chi connectivity index (χ0n) is 8.21. The van der Waals surface area contributed by atoms with Crippen LogP contribution >= 0.6 is 0 Å². The summed E-state index contributed by atoms with van der Waals surface area (Å²) in [6.07, 6.45) is 3.00. The Balaban J connectivity index is 0.000000226. The predicted molar refractivity (Wildman–Crippen MR) is 49.1 cm³/mol. The number of amides is 1. The minimum Gasteiger partial charge on any atom is -0.465 e. The van der Waals surface area contributed by atoms with Crippen molar-refractivity contribution in [3.63, 3.8) is 0 Å². The number of carbonyl (C=O) groups is 2. The number of hydrogen-bond acceptors (Lipinski definition) is 3. The van der Waals surface area contributed by atoms with Crippen LogP contribution < -0.4 is 5.32 Å². The molecule has 1 heterocycles. The largest absolute Gasteiger partial charge is 0.465 e. The summed E-state index contributed by atoms with van der Waals surface area (Å²) in [6, 6.07) is 0. The first kappa shape index (κ1) is 11.9. The second-order valence-electron chi connectivity index (χ2n) is 3.09. The van der Waals surface area contributed by atoms with Gasteiger partial charge in [0.1, 0.15) is 0 Å². The van der Waals surface area contributed by atoms with Crippen molar-refractivity contribution in [2.75, 3.05) is 6.54 Å². The van der Waals surface area contributed by atoms with Crippen molar-refractivity contribution in [3.05, 3.63) is 0 Å². The van der Waals surface area contributed by atoms with Gasteiger partial charge in [-0.1, -0.05) is 0 Å². The first-order valence-corrected chi connectivity index (χ1v) is 4.52. The van der Waals surface area contributed by atoms with Crippen LogP contribution in [0.3, 0.4) is 0 Å². The molecule has 1 fully saturated rings. The Kier molecular flexibility index (Phi) is 6.96. The van der Waals surface area contributed by atoms with Crippen LogP contribution in [0, 0.1) is 0 Å². The van der Waals surface area contributed by atoms with Gasteiger partial charge in [0.15, 0.2) is 0 Å². The van der Waals surface area contributed by atoms with Gasteiger partial charge in [0.05, 0.1) is 6.10 Å². The summed E-state index contributed by atoms with van der Waals surface area (Å²) in [6.45, 7) is 4.94. The van der Waals surface area contributed by atoms with Crippen LogP contribution in [0.4, 0.5) is 0 Å². The van der Waals surface area contributed by atoms with Gasteiger partial charge in [0.2, 0.25) is 5.91 Å². The van der Waals surface area contributed by atoms with E-state index in [2.05, 4.69) is 10.1 Å². The van der Waals surface area contributed by atoms with Gasteiger partial charge < -0.3 is 10.1 Å². The van der Waals surface area contributed by atoms with Crippen LogP contribution in [-0.4, -0.2) is 25.0 Å². The molecule has 1 N–H and O–H groups in total. The molecule has 0 aliphatic carbocycles. The molecule has 1 aliphatic heterocycles. The molecule has 0 unspecified atom stereocenters. The topological polar surface area (TPSA) is 55.4 Å². The van der Waals surface area contributed by atoms with Gasteiger partial charge in [0.25, 0.3) is 6.47 Å². The Morgan fingerprint density at radius 2 is 2.15 bits per heavy atom. The van der Waals surface area contributed by atoms with Gasteiger partial charge in [-0.25, -0.2) is 0 Å². The second-order valence-corrected chi connectivity index (χ2v) is 3.09. The number of carbonyl (C=O) groups excluding carboxylic acids is 2. The fourth-order valence-corrected chi connectivity index (χ4v) is 0.838. The normalized spacial score (nSPS) is 15.5. The van der Waals surface area contributed by atoms with Gasteiger partial charge in [-0.15, -0.1) is 0 Å². The van der Waals surface area contributed by atoms with Gasteiger partial charge in [0, 0.05) is 13.0 Å². The van der Waals surface area contributed by atoms with Crippen molar-refractivity contribution in [1.82, 2.24) is 5.32 Å². The van der Waals surface area contributed by atoms with Crippen molar-refractivity contribution in [2.45, 2.75) is 39.2 Å². The number of hydrogen-bond donors (Lipinski definition) is 1. The number of piperidine rings is 1. The third-order valence-corrected chi connectivity index (χ3v) is 1.48. The monoisotopic (exact) mass is 187 g/mol. The molecule has 0 aromatic heterocycles. The molecule has 0 bridgehead atoms. The Labute approximate surface area is 78.6 Å². The van der Waals surface area contributed by atoms with Crippen LogP contribution in [0.15, 0.2) is 0 Å². The molecular weight excluding hydrogens is 170 g/mol. The molecule has 1 aliphatic rings. The van der Waals surface area contributed by atoms with E-state index in [1.807, 2.05) is 0 Å². The van der Waals surface area contributed by atoms with Crippen molar-refractivity contribution < 1.29 is 14.3 Å². The summed E-state index contributed by atoms with van der Waals surface area (Å²) in [4.78, 5) is 19.7. The SMILES string of the molecule is CC(C)OC=O.O=C1CCCCN1. The van der Waals surface area contributed by atoms with E-state index in [0.29, 0.717) is 6.47 Å². The fourth-order valence-electron chi connectivity index (χ4n) is 0.838. The average molecular weight is 187 g/mol. The second kappa shape index (κ2) is 7.58. The zero-order chi connectivity index (χ0) is 10.1. The smallest absolute Gasteiger partial charge is 0.293 e. The van der Waals surface area contributed by atoms with Gasteiger partial charge in [-0.2, -0.15) is 0 Å².